The van der Waals surface area contributed by atoms with Crippen LogP contribution in [-0.2, 0) is 4.74 Å². The number of hydrogen-bond acceptors (Lipinski definition) is 7. The third kappa shape index (κ3) is 4.57. The Bertz CT molecular complexity index is 1230. The number of aromatic amines is 1. The van der Waals surface area contributed by atoms with Gasteiger partial charge < -0.3 is 24.9 Å². The number of nitrogens with zero attached hydrogens (tertiary/aromatic N) is 2. The predicted molar refractivity (Wildman–Crippen MR) is 124 cm³/mol. The van der Waals surface area contributed by atoms with Gasteiger partial charge in [0.15, 0.2) is 5.78 Å². The zero-order valence-electron chi connectivity index (χ0n) is 17.9. The molecular formula is C25H24N4O4. The number of carbonyl (C=O) groups excluding carboxylic acids is 1. The quantitative estimate of drug-likeness (QED) is 0.371. The number of aromatic nitrogens is 3. The summed E-state index contributed by atoms with van der Waals surface area (Å²) in [5, 5.41) is 13.3. The van der Waals surface area contributed by atoms with Crippen LogP contribution < -0.4 is 10.1 Å². The first-order chi connectivity index (χ1) is 16.2. The van der Waals surface area contributed by atoms with Gasteiger partial charge in [0.05, 0.1) is 36.3 Å². The number of aliphatic hydroxyl groups is 1. The summed E-state index contributed by atoms with van der Waals surface area (Å²) in [5.74, 6) is 1.84. The van der Waals surface area contributed by atoms with Crippen LogP contribution in [0.1, 0.15) is 28.8 Å². The van der Waals surface area contributed by atoms with E-state index in [2.05, 4.69) is 20.3 Å². The molecule has 1 saturated heterocycles. The fourth-order valence-corrected chi connectivity index (χ4v) is 3.96. The number of ether oxygens (including phenoxy) is 2. The summed E-state index contributed by atoms with van der Waals surface area (Å²) in [6.45, 7) is 0.489. The van der Waals surface area contributed by atoms with Crippen LogP contribution >= 0.6 is 0 Å². The number of ketones is 1. The number of H-pyrrole nitrogens is 1. The highest BCUT2D eigenvalue weighted by Crippen LogP contribution is 2.28. The van der Waals surface area contributed by atoms with Crippen molar-refractivity contribution in [1.29, 1.82) is 0 Å². The maximum absolute atomic E-state index is 13.3. The molecular weight excluding hydrogens is 420 g/mol. The molecule has 168 valence electrons. The molecule has 1 aliphatic heterocycles. The third-order valence-electron chi connectivity index (χ3n) is 5.72. The van der Waals surface area contributed by atoms with E-state index in [0.717, 1.165) is 18.6 Å². The van der Waals surface area contributed by atoms with Crippen LogP contribution in [0.3, 0.4) is 0 Å². The molecule has 8 nitrogen and oxygen atoms in total. The topological polar surface area (TPSA) is 109 Å². The van der Waals surface area contributed by atoms with Gasteiger partial charge in [-0.25, -0.2) is 9.97 Å². The lowest BCUT2D eigenvalue weighted by Crippen LogP contribution is -2.36. The molecule has 1 aliphatic rings. The molecule has 3 N–H and O–H groups in total. The van der Waals surface area contributed by atoms with Crippen LogP contribution in [0.4, 0.5) is 5.82 Å². The summed E-state index contributed by atoms with van der Waals surface area (Å²) >= 11 is 0. The number of para-hydroxylation sites is 1. The maximum Gasteiger partial charge on any atom is 0.195 e. The van der Waals surface area contributed by atoms with Crippen molar-refractivity contribution >= 4 is 22.6 Å². The highest BCUT2D eigenvalue weighted by atomic mass is 16.5. The van der Waals surface area contributed by atoms with Gasteiger partial charge in [-0.05, 0) is 49.2 Å². The summed E-state index contributed by atoms with van der Waals surface area (Å²) in [6.07, 6.45) is 4.62. The molecule has 0 amide bonds. The minimum atomic E-state index is -0.134. The van der Waals surface area contributed by atoms with Crippen LogP contribution in [-0.4, -0.2) is 51.2 Å². The number of rotatable bonds is 7. The highest BCUT2D eigenvalue weighted by molar-refractivity contribution is 6.18. The molecule has 2 aromatic carbocycles. The van der Waals surface area contributed by atoms with Crippen LogP contribution in [0.5, 0.6) is 11.5 Å². The van der Waals surface area contributed by atoms with Crippen molar-refractivity contribution in [1.82, 2.24) is 15.0 Å². The van der Waals surface area contributed by atoms with Crippen LogP contribution in [0.2, 0.25) is 0 Å². The molecule has 33 heavy (non-hydrogen) atoms. The third-order valence-corrected chi connectivity index (χ3v) is 5.72. The first-order valence-corrected chi connectivity index (χ1v) is 10.9. The highest BCUT2D eigenvalue weighted by Gasteiger charge is 2.24. The van der Waals surface area contributed by atoms with Crippen molar-refractivity contribution < 1.29 is 19.4 Å². The Morgan fingerprint density at radius 2 is 1.88 bits per heavy atom. The SMILES string of the molecule is O=C(c1ccc(Oc2ccccc2)cc1)c1c[nH]c2ncnc(N[C@@H]3CCC(CO)OC3)c12. The normalized spacial score (nSPS) is 18.2. The summed E-state index contributed by atoms with van der Waals surface area (Å²) in [7, 11) is 0. The monoisotopic (exact) mass is 444 g/mol. The summed E-state index contributed by atoms with van der Waals surface area (Å²) in [5.41, 5.74) is 1.62. The number of aliphatic hydroxyl groups excluding tert-OH is 1. The number of hydrogen-bond donors (Lipinski definition) is 3. The van der Waals surface area contributed by atoms with E-state index in [1.54, 1.807) is 30.5 Å². The fourth-order valence-electron chi connectivity index (χ4n) is 3.96. The number of nitrogens with one attached hydrogen (secondary N) is 2. The molecule has 0 bridgehead atoms. The zero-order valence-corrected chi connectivity index (χ0v) is 17.9. The van der Waals surface area contributed by atoms with E-state index in [-0.39, 0.29) is 24.5 Å². The van der Waals surface area contributed by atoms with Gasteiger partial charge >= 0.3 is 0 Å². The Kier molecular flexibility index (Phi) is 6.01. The Labute approximate surface area is 190 Å². The largest absolute Gasteiger partial charge is 0.457 e. The van der Waals surface area contributed by atoms with E-state index in [1.807, 2.05) is 30.3 Å². The molecule has 0 aliphatic carbocycles. The second-order valence-corrected chi connectivity index (χ2v) is 7.97. The molecule has 0 radical (unpaired) electrons. The molecule has 4 aromatic rings. The number of fused-ring (bicyclic) bond motifs is 1. The van der Waals surface area contributed by atoms with Crippen molar-refractivity contribution in [3.8, 4) is 11.5 Å². The van der Waals surface area contributed by atoms with Crippen LogP contribution in [0, 0.1) is 0 Å². The lowest BCUT2D eigenvalue weighted by atomic mass is 10.0. The van der Waals surface area contributed by atoms with Crippen LogP contribution in [0.25, 0.3) is 11.0 Å². The molecule has 0 spiro atoms. The molecule has 5 rings (SSSR count). The van der Waals surface area contributed by atoms with E-state index in [9.17, 15) is 9.90 Å². The van der Waals surface area contributed by atoms with Crippen LogP contribution in [0.15, 0.2) is 67.1 Å². The Morgan fingerprint density at radius 1 is 1.09 bits per heavy atom. The van der Waals surface area contributed by atoms with Crippen molar-refractivity contribution in [3.63, 3.8) is 0 Å². The zero-order chi connectivity index (χ0) is 22.6. The number of anilines is 1. The van der Waals surface area contributed by atoms with E-state index in [0.29, 0.717) is 40.3 Å². The van der Waals surface area contributed by atoms with Crippen molar-refractivity contribution in [2.45, 2.75) is 25.0 Å². The Morgan fingerprint density at radius 3 is 2.61 bits per heavy atom. The van der Waals surface area contributed by atoms with E-state index in [4.69, 9.17) is 9.47 Å². The molecule has 1 unspecified atom stereocenters. The second-order valence-electron chi connectivity index (χ2n) is 7.97. The average Bonchev–Trinajstić information content (AvgIpc) is 3.30. The van der Waals surface area contributed by atoms with Gasteiger partial charge in [0, 0.05) is 11.8 Å². The minimum Gasteiger partial charge on any atom is -0.457 e. The Hall–Kier alpha value is -3.75. The van der Waals surface area contributed by atoms with Gasteiger partial charge in [-0.3, -0.25) is 4.79 Å². The summed E-state index contributed by atoms with van der Waals surface area (Å²) < 4.78 is 11.5. The molecule has 1 fully saturated rings. The predicted octanol–water partition coefficient (Wildman–Crippen LogP) is 3.93. The lowest BCUT2D eigenvalue weighted by molar-refractivity contribution is -0.0224. The fraction of sp³-hybridized carbons (Fsp3) is 0.240. The van der Waals surface area contributed by atoms with Gasteiger partial charge in [-0.15, -0.1) is 0 Å². The van der Waals surface area contributed by atoms with Crippen molar-refractivity contribution in [3.05, 3.63) is 78.2 Å². The molecule has 0 saturated carbocycles. The smallest absolute Gasteiger partial charge is 0.195 e. The summed E-state index contributed by atoms with van der Waals surface area (Å²) in [4.78, 5) is 25.1. The molecule has 2 aromatic heterocycles. The van der Waals surface area contributed by atoms with Crippen molar-refractivity contribution in [2.24, 2.45) is 0 Å². The average molecular weight is 444 g/mol. The minimum absolute atomic E-state index is 0.0239. The van der Waals surface area contributed by atoms with E-state index >= 15 is 0 Å². The first-order valence-electron chi connectivity index (χ1n) is 10.9. The standard InChI is InChI=1S/C25H24N4O4/c30-13-20-11-8-17(14-32-20)29-25-22-21(12-26-24(22)27-15-28-25)23(31)16-6-9-19(10-7-16)33-18-4-2-1-3-5-18/h1-7,9-10,12,15,17,20,30H,8,11,13-14H2,(H2,26,27,28,29)/t17-,20?/m1/s1. The van der Waals surface area contributed by atoms with Gasteiger partial charge in [0.25, 0.3) is 0 Å². The number of carbonyl (C=O) groups is 1. The van der Waals surface area contributed by atoms with E-state index < -0.39 is 0 Å². The number of benzene rings is 2. The van der Waals surface area contributed by atoms with Gasteiger partial charge in [0.2, 0.25) is 0 Å². The van der Waals surface area contributed by atoms with Gasteiger partial charge in [0.1, 0.15) is 29.3 Å². The first kappa shape index (κ1) is 21.1. The molecule has 3 heterocycles. The van der Waals surface area contributed by atoms with E-state index in [1.165, 1.54) is 6.33 Å². The Balaban J connectivity index is 1.36. The maximum atomic E-state index is 13.3. The lowest BCUT2D eigenvalue weighted by Gasteiger charge is -2.29. The van der Waals surface area contributed by atoms with Gasteiger partial charge in [-0.2, -0.15) is 0 Å². The molecule has 2 atom stereocenters. The molecule has 8 heteroatoms. The van der Waals surface area contributed by atoms with Crippen molar-refractivity contribution in [2.75, 3.05) is 18.5 Å². The summed E-state index contributed by atoms with van der Waals surface area (Å²) in [6, 6.07) is 16.6. The second kappa shape index (κ2) is 9.40. The van der Waals surface area contributed by atoms with Gasteiger partial charge in [-0.1, -0.05) is 18.2 Å².